The molecule has 14 nitrogen and oxygen atoms in total. The lowest BCUT2D eigenvalue weighted by atomic mass is 9.95. The summed E-state index contributed by atoms with van der Waals surface area (Å²) in [6.45, 7) is 9.60. The maximum Gasteiger partial charge on any atom is 0.407 e. The van der Waals surface area contributed by atoms with E-state index >= 15 is 0 Å². The molecule has 54 heavy (non-hydrogen) atoms. The van der Waals surface area contributed by atoms with E-state index in [0.29, 0.717) is 45.1 Å². The van der Waals surface area contributed by atoms with Crippen molar-refractivity contribution in [3.8, 4) is 0 Å². The van der Waals surface area contributed by atoms with Crippen LogP contribution in [0.15, 0.2) is 30.9 Å². The number of hydrogen-bond acceptors (Lipinski definition) is 10. The molecule has 4 amide bonds. The summed E-state index contributed by atoms with van der Waals surface area (Å²) in [4.78, 5) is 66.5. The number of esters is 1. The Kier molecular flexibility index (Phi) is 15.5. The van der Waals surface area contributed by atoms with Gasteiger partial charge in [-0.25, -0.2) is 13.2 Å². The van der Waals surface area contributed by atoms with Crippen LogP contribution in [0, 0.1) is 5.92 Å². The lowest BCUT2D eigenvalue weighted by Crippen LogP contribution is -2.57. The van der Waals surface area contributed by atoms with Gasteiger partial charge in [0.15, 0.2) is 0 Å². The molecular formula is C39H59N5O9S. The second-order valence-corrected chi connectivity index (χ2v) is 16.8. The number of hydrogen-bond donors (Lipinski definition) is 4. The predicted octanol–water partition coefficient (Wildman–Crippen LogP) is 3.69. The number of aryl methyl sites for hydroxylation is 2. The van der Waals surface area contributed by atoms with Crippen LogP contribution in [0.4, 0.5) is 4.79 Å². The van der Waals surface area contributed by atoms with Crippen molar-refractivity contribution in [1.82, 2.24) is 20.3 Å². The zero-order valence-corrected chi connectivity index (χ0v) is 32.8. The highest BCUT2D eigenvalue weighted by Crippen LogP contribution is 2.47. The number of benzene rings is 1. The average molecular weight is 774 g/mol. The van der Waals surface area contributed by atoms with Crippen molar-refractivity contribution in [2.45, 2.75) is 146 Å². The van der Waals surface area contributed by atoms with Crippen molar-refractivity contribution in [3.05, 3.63) is 47.5 Å². The molecule has 1 aliphatic heterocycles. The number of nitrogens with one attached hydrogen (secondary N) is 3. The number of rotatable bonds is 22. The third-order valence-corrected chi connectivity index (χ3v) is 12.5. The summed E-state index contributed by atoms with van der Waals surface area (Å²) in [5.74, 6) is -2.43. The number of alkyl carbamates (subject to hydrolysis) is 1. The van der Waals surface area contributed by atoms with Crippen molar-refractivity contribution < 1.29 is 41.9 Å². The molecule has 5 atom stereocenters. The van der Waals surface area contributed by atoms with Crippen LogP contribution in [0.25, 0.3) is 0 Å². The molecule has 0 bridgehead atoms. The Hall–Kier alpha value is -3.98. The van der Waals surface area contributed by atoms with Gasteiger partial charge in [-0.1, -0.05) is 57.4 Å². The topological polar surface area (TPSA) is 203 Å². The number of nitrogens with zero attached hydrogens (tertiary/aromatic N) is 1. The molecular weight excluding hydrogens is 715 g/mol. The van der Waals surface area contributed by atoms with E-state index in [9.17, 15) is 32.4 Å². The second-order valence-electron chi connectivity index (χ2n) is 14.8. The Morgan fingerprint density at radius 1 is 1.07 bits per heavy atom. The van der Waals surface area contributed by atoms with Crippen molar-refractivity contribution >= 4 is 39.8 Å². The molecule has 1 heterocycles. The fourth-order valence-electron chi connectivity index (χ4n) is 7.31. The largest absolute Gasteiger partial charge is 0.466 e. The summed E-state index contributed by atoms with van der Waals surface area (Å²) in [6.07, 6.45) is 8.85. The number of nitrogens with two attached hydrogens (primary N) is 1. The van der Waals surface area contributed by atoms with E-state index in [-0.39, 0.29) is 37.8 Å². The van der Waals surface area contributed by atoms with Gasteiger partial charge >= 0.3 is 12.1 Å². The molecule has 0 aromatic heterocycles. The average Bonchev–Trinajstić information content (AvgIpc) is 4.06. The summed E-state index contributed by atoms with van der Waals surface area (Å²) < 4.78 is 38.2. The van der Waals surface area contributed by atoms with Crippen LogP contribution < -0.4 is 21.1 Å². The van der Waals surface area contributed by atoms with Crippen molar-refractivity contribution in [2.24, 2.45) is 11.7 Å². The monoisotopic (exact) mass is 773 g/mol. The number of carbonyl (C=O) groups excluding carboxylic acids is 5. The zero-order chi connectivity index (χ0) is 39.5. The lowest BCUT2D eigenvalue weighted by Gasteiger charge is -2.28. The molecule has 15 heteroatoms. The van der Waals surface area contributed by atoms with E-state index in [4.69, 9.17) is 15.2 Å². The Morgan fingerprint density at radius 2 is 1.80 bits per heavy atom. The normalized spacial score (nSPS) is 22.5. The minimum atomic E-state index is -3.85. The highest BCUT2D eigenvalue weighted by Gasteiger charge is 2.62. The van der Waals surface area contributed by atoms with Gasteiger partial charge in [-0.05, 0) is 86.8 Å². The molecule has 4 rings (SSSR count). The summed E-state index contributed by atoms with van der Waals surface area (Å²) in [6, 6.07) is 4.10. The van der Waals surface area contributed by atoms with E-state index in [1.807, 2.05) is 19.1 Å². The van der Waals surface area contributed by atoms with Gasteiger partial charge in [0.05, 0.1) is 24.4 Å². The standard InChI is InChI=1S/C39H59N5O9S/c1-5-8-11-18-33(40)36(47)44-25-30(22-34(44)35(46)42-39(23-29(39)7-3)37(48)43-54(50,51)31-19-20-31)53-38(49)41-24-32-27(6-2)16-14-17-28(32)15-12-9-10-13-21-52-26(4)45/h5,14,16-17,29-31,33-34H,1,6-13,15,18-25,40H2,2-4H3,(H,41,49)(H,42,46)(H,43,48)/t29-,30-,33+,34+,39-/m1/s1. The van der Waals surface area contributed by atoms with Crippen LogP contribution >= 0.6 is 0 Å². The highest BCUT2D eigenvalue weighted by molar-refractivity contribution is 7.91. The molecule has 2 saturated carbocycles. The molecule has 1 aromatic rings. The maximum atomic E-state index is 13.9. The zero-order valence-electron chi connectivity index (χ0n) is 32.0. The molecule has 5 N–H and O–H groups in total. The van der Waals surface area contributed by atoms with Gasteiger partial charge in [0, 0.05) is 19.9 Å². The molecule has 300 valence electrons. The molecule has 0 spiro atoms. The van der Waals surface area contributed by atoms with Crippen molar-refractivity contribution in [2.75, 3.05) is 13.2 Å². The maximum absolute atomic E-state index is 13.9. The molecule has 0 radical (unpaired) electrons. The third kappa shape index (κ3) is 11.5. The van der Waals surface area contributed by atoms with E-state index in [1.54, 1.807) is 6.08 Å². The first-order chi connectivity index (χ1) is 25.8. The van der Waals surface area contributed by atoms with E-state index in [2.05, 4.69) is 34.9 Å². The van der Waals surface area contributed by atoms with Gasteiger partial charge in [-0.2, -0.15) is 0 Å². The Bertz CT molecular complexity index is 1630. The summed E-state index contributed by atoms with van der Waals surface area (Å²) in [7, 11) is -3.85. The van der Waals surface area contributed by atoms with E-state index in [1.165, 1.54) is 11.8 Å². The SMILES string of the molecule is C=CCCC[C@H](N)C(=O)N1C[C@H](OC(=O)NCc2c(CC)cccc2CCCCCCOC(C)=O)C[C@H]1C(=O)N[C@]1(C(=O)NS(=O)(=O)C2CC2)C[C@H]1CC. The number of amides is 4. The summed E-state index contributed by atoms with van der Waals surface area (Å²) in [5.41, 5.74) is 8.12. The molecule has 0 unspecified atom stereocenters. The van der Waals surface area contributed by atoms with Crippen LogP contribution in [-0.2, 0) is 58.1 Å². The minimum absolute atomic E-state index is 0.0203. The summed E-state index contributed by atoms with van der Waals surface area (Å²) in [5, 5.41) is 5.06. The first-order valence-corrected chi connectivity index (χ1v) is 21.0. The van der Waals surface area contributed by atoms with Crippen LogP contribution in [-0.4, -0.2) is 85.2 Å². The van der Waals surface area contributed by atoms with Gasteiger partial charge in [-0.3, -0.25) is 23.9 Å². The predicted molar refractivity (Wildman–Crippen MR) is 203 cm³/mol. The summed E-state index contributed by atoms with van der Waals surface area (Å²) >= 11 is 0. The van der Waals surface area contributed by atoms with Gasteiger partial charge in [0.2, 0.25) is 21.8 Å². The van der Waals surface area contributed by atoms with Crippen LogP contribution in [0.1, 0.15) is 115 Å². The fourth-order valence-corrected chi connectivity index (χ4v) is 8.67. The quantitative estimate of drug-likeness (QED) is 0.0765. The van der Waals surface area contributed by atoms with Crippen LogP contribution in [0.5, 0.6) is 0 Å². The Balaban J connectivity index is 1.41. The van der Waals surface area contributed by atoms with Gasteiger partial charge in [0.1, 0.15) is 17.7 Å². The van der Waals surface area contributed by atoms with E-state index in [0.717, 1.165) is 55.2 Å². The lowest BCUT2D eigenvalue weighted by molar-refractivity contribution is -0.141. The molecule has 3 fully saturated rings. The number of carbonyl (C=O) groups is 5. The number of ether oxygens (including phenoxy) is 2. The van der Waals surface area contributed by atoms with E-state index < -0.39 is 62.8 Å². The molecule has 3 aliphatic rings. The Labute approximate surface area is 319 Å². The third-order valence-electron chi connectivity index (χ3n) is 10.7. The number of likely N-dealkylation sites (tertiary alicyclic amines) is 1. The number of unbranched alkanes of at least 4 members (excludes halogenated alkanes) is 4. The van der Waals surface area contributed by atoms with Crippen LogP contribution in [0.3, 0.4) is 0 Å². The molecule has 2 aliphatic carbocycles. The smallest absolute Gasteiger partial charge is 0.407 e. The molecule has 1 saturated heterocycles. The van der Waals surface area contributed by atoms with Gasteiger partial charge < -0.3 is 30.7 Å². The van der Waals surface area contributed by atoms with Gasteiger partial charge in [0.25, 0.3) is 5.91 Å². The Morgan fingerprint density at radius 3 is 2.44 bits per heavy atom. The number of allylic oxidation sites excluding steroid dienone is 1. The van der Waals surface area contributed by atoms with Crippen molar-refractivity contribution in [1.29, 1.82) is 0 Å². The second kappa shape index (κ2) is 19.6. The van der Waals surface area contributed by atoms with Crippen LogP contribution in [0.2, 0.25) is 0 Å². The molecule has 1 aromatic carbocycles. The first kappa shape index (κ1) is 42.8. The van der Waals surface area contributed by atoms with Gasteiger partial charge in [-0.15, -0.1) is 6.58 Å². The minimum Gasteiger partial charge on any atom is -0.466 e. The number of sulfonamides is 1. The highest BCUT2D eigenvalue weighted by atomic mass is 32.2. The first-order valence-electron chi connectivity index (χ1n) is 19.5. The van der Waals surface area contributed by atoms with Crippen molar-refractivity contribution in [3.63, 3.8) is 0 Å². The fraction of sp³-hybridized carbons (Fsp3) is 0.667.